The Labute approximate surface area is 184 Å². The number of nitrogens with zero attached hydrogens (tertiary/aromatic N) is 1. The van der Waals surface area contributed by atoms with Crippen molar-refractivity contribution in [3.63, 3.8) is 0 Å². The first-order valence-electron chi connectivity index (χ1n) is 10.5. The number of ketones is 1. The van der Waals surface area contributed by atoms with Gasteiger partial charge in [0.2, 0.25) is 0 Å². The molecular formula is C25H23FN4O2. The molecule has 3 N–H and O–H groups in total. The minimum atomic E-state index is -0.659. The second kappa shape index (κ2) is 9.43. The number of rotatable bonds is 7. The predicted octanol–water partition coefficient (Wildman–Crippen LogP) is 5.52. The van der Waals surface area contributed by atoms with Crippen LogP contribution in [0.3, 0.4) is 0 Å². The molecule has 0 bridgehead atoms. The highest BCUT2D eigenvalue weighted by atomic mass is 19.1. The number of aromatic nitrogens is 2. The molecule has 6 nitrogen and oxygen atoms in total. The number of anilines is 1. The number of benzene rings is 2. The Kier molecular flexibility index (Phi) is 6.26. The van der Waals surface area contributed by atoms with Gasteiger partial charge in [0.1, 0.15) is 11.5 Å². The summed E-state index contributed by atoms with van der Waals surface area (Å²) in [5.41, 5.74) is 2.89. The molecule has 0 aliphatic carbocycles. The number of hydrogen-bond donors (Lipinski definition) is 3. The molecule has 32 heavy (non-hydrogen) atoms. The van der Waals surface area contributed by atoms with Crippen LogP contribution in [0, 0.1) is 5.82 Å². The van der Waals surface area contributed by atoms with Gasteiger partial charge in [-0.25, -0.2) is 14.2 Å². The second-order valence-corrected chi connectivity index (χ2v) is 7.45. The van der Waals surface area contributed by atoms with Crippen LogP contribution < -0.4 is 10.6 Å². The topological polar surface area (TPSA) is 86.9 Å². The van der Waals surface area contributed by atoms with Gasteiger partial charge in [-0.3, -0.25) is 4.79 Å². The van der Waals surface area contributed by atoms with E-state index >= 15 is 0 Å². The zero-order valence-electron chi connectivity index (χ0n) is 17.6. The quantitative estimate of drug-likeness (QED) is 0.266. The van der Waals surface area contributed by atoms with Gasteiger partial charge in [0.15, 0.2) is 5.78 Å². The fraction of sp³-hybridized carbons (Fsp3) is 0.160. The molecule has 0 saturated heterocycles. The summed E-state index contributed by atoms with van der Waals surface area (Å²) < 4.78 is 14.6. The van der Waals surface area contributed by atoms with Crippen molar-refractivity contribution in [2.24, 2.45) is 0 Å². The summed E-state index contributed by atoms with van der Waals surface area (Å²) in [6.45, 7) is 2.57. The van der Waals surface area contributed by atoms with E-state index in [1.807, 2.05) is 43.3 Å². The number of halogens is 1. The molecule has 0 fully saturated rings. The molecule has 0 spiro atoms. The van der Waals surface area contributed by atoms with Crippen molar-refractivity contribution in [3.8, 4) is 11.1 Å². The SMILES string of the molecule is CCCCNC(=O)Nc1ccc(F)c(C(=O)c2c[nH]c3ncc(-c4ccccc4)cc23)c1. The van der Waals surface area contributed by atoms with Gasteiger partial charge >= 0.3 is 6.03 Å². The molecule has 0 atom stereocenters. The van der Waals surface area contributed by atoms with Gasteiger partial charge in [-0.1, -0.05) is 43.7 Å². The molecule has 4 aromatic rings. The predicted molar refractivity (Wildman–Crippen MR) is 123 cm³/mol. The first-order chi connectivity index (χ1) is 15.6. The van der Waals surface area contributed by atoms with Crippen molar-refractivity contribution < 1.29 is 14.0 Å². The molecule has 2 amide bonds. The van der Waals surface area contributed by atoms with E-state index in [0.717, 1.165) is 24.0 Å². The third kappa shape index (κ3) is 4.51. The summed E-state index contributed by atoms with van der Waals surface area (Å²) in [6.07, 6.45) is 5.08. The summed E-state index contributed by atoms with van der Waals surface area (Å²) in [4.78, 5) is 32.6. The molecule has 0 radical (unpaired) electrons. The van der Waals surface area contributed by atoms with Crippen LogP contribution in [0.25, 0.3) is 22.2 Å². The molecule has 7 heteroatoms. The van der Waals surface area contributed by atoms with E-state index in [-0.39, 0.29) is 5.56 Å². The number of fused-ring (bicyclic) bond motifs is 1. The summed E-state index contributed by atoms with van der Waals surface area (Å²) in [6, 6.07) is 15.1. The van der Waals surface area contributed by atoms with Crippen LogP contribution in [0.5, 0.6) is 0 Å². The Balaban J connectivity index is 1.63. The molecular weight excluding hydrogens is 407 g/mol. The Morgan fingerprint density at radius 3 is 2.62 bits per heavy atom. The fourth-order valence-electron chi connectivity index (χ4n) is 3.46. The molecule has 0 aliphatic heterocycles. The summed E-state index contributed by atoms with van der Waals surface area (Å²) in [7, 11) is 0. The zero-order valence-corrected chi connectivity index (χ0v) is 17.6. The lowest BCUT2D eigenvalue weighted by molar-refractivity contribution is 0.103. The standard InChI is InChI=1S/C25H23FN4O2/c1-2-3-11-27-25(32)30-18-9-10-22(26)20(13-18)23(31)21-15-29-24-19(21)12-17(14-28-24)16-7-5-4-6-8-16/h4-10,12-15H,2-3,11H2,1H3,(H,28,29)(H2,27,30,32). The van der Waals surface area contributed by atoms with Crippen molar-refractivity contribution in [1.29, 1.82) is 0 Å². The minimum Gasteiger partial charge on any atom is -0.345 e. The minimum absolute atomic E-state index is 0.123. The van der Waals surface area contributed by atoms with Crippen LogP contribution in [-0.2, 0) is 0 Å². The van der Waals surface area contributed by atoms with Crippen molar-refractivity contribution >= 4 is 28.5 Å². The smallest absolute Gasteiger partial charge is 0.319 e. The average molecular weight is 430 g/mol. The number of pyridine rings is 1. The van der Waals surface area contributed by atoms with Crippen molar-refractivity contribution in [3.05, 3.63) is 83.9 Å². The Morgan fingerprint density at radius 2 is 1.84 bits per heavy atom. The van der Waals surface area contributed by atoms with Gasteiger partial charge < -0.3 is 15.6 Å². The highest BCUT2D eigenvalue weighted by Gasteiger charge is 2.20. The maximum absolute atomic E-state index is 14.6. The van der Waals surface area contributed by atoms with E-state index in [0.29, 0.717) is 28.8 Å². The number of urea groups is 1. The molecule has 4 rings (SSSR count). The molecule has 2 aromatic heterocycles. The molecule has 0 aliphatic rings. The Hall–Kier alpha value is -4.00. The average Bonchev–Trinajstić information content (AvgIpc) is 3.24. The summed E-state index contributed by atoms with van der Waals surface area (Å²) >= 11 is 0. The summed E-state index contributed by atoms with van der Waals surface area (Å²) in [5, 5.41) is 5.98. The maximum atomic E-state index is 14.6. The molecule has 0 unspecified atom stereocenters. The Morgan fingerprint density at radius 1 is 1.03 bits per heavy atom. The van der Waals surface area contributed by atoms with E-state index in [1.54, 1.807) is 6.20 Å². The van der Waals surface area contributed by atoms with Gasteiger partial charge in [-0.15, -0.1) is 0 Å². The number of nitrogens with one attached hydrogen (secondary N) is 3. The lowest BCUT2D eigenvalue weighted by Crippen LogP contribution is -2.29. The number of carbonyl (C=O) groups is 2. The highest BCUT2D eigenvalue weighted by molar-refractivity contribution is 6.16. The lowest BCUT2D eigenvalue weighted by Gasteiger charge is -2.09. The molecule has 0 saturated carbocycles. The number of carbonyl (C=O) groups excluding carboxylic acids is 2. The number of amides is 2. The van der Waals surface area contributed by atoms with Gasteiger partial charge in [0.25, 0.3) is 0 Å². The second-order valence-electron chi connectivity index (χ2n) is 7.45. The van der Waals surface area contributed by atoms with E-state index in [9.17, 15) is 14.0 Å². The van der Waals surface area contributed by atoms with Crippen LogP contribution in [-0.4, -0.2) is 28.3 Å². The van der Waals surface area contributed by atoms with Gasteiger partial charge in [-0.2, -0.15) is 0 Å². The van der Waals surface area contributed by atoms with Crippen LogP contribution in [0.2, 0.25) is 0 Å². The molecule has 2 heterocycles. The number of H-pyrrole nitrogens is 1. The van der Waals surface area contributed by atoms with E-state index in [2.05, 4.69) is 20.6 Å². The van der Waals surface area contributed by atoms with Gasteiger partial charge in [0.05, 0.1) is 5.56 Å². The number of hydrogen-bond acceptors (Lipinski definition) is 3. The zero-order chi connectivity index (χ0) is 22.5. The molecule has 162 valence electrons. The first kappa shape index (κ1) is 21.2. The van der Waals surface area contributed by atoms with Crippen molar-refractivity contribution in [1.82, 2.24) is 15.3 Å². The van der Waals surface area contributed by atoms with Crippen LogP contribution in [0.15, 0.2) is 67.0 Å². The highest BCUT2D eigenvalue weighted by Crippen LogP contribution is 2.27. The van der Waals surface area contributed by atoms with Gasteiger partial charge in [-0.05, 0) is 36.2 Å². The number of aromatic amines is 1. The maximum Gasteiger partial charge on any atom is 0.319 e. The van der Waals surface area contributed by atoms with Gasteiger partial charge in [0, 0.05) is 41.1 Å². The third-order valence-electron chi connectivity index (χ3n) is 5.17. The largest absolute Gasteiger partial charge is 0.345 e. The normalized spacial score (nSPS) is 10.8. The van der Waals surface area contributed by atoms with E-state index < -0.39 is 17.6 Å². The summed E-state index contributed by atoms with van der Waals surface area (Å²) in [5.74, 6) is -1.15. The third-order valence-corrected chi connectivity index (χ3v) is 5.17. The van der Waals surface area contributed by atoms with Crippen molar-refractivity contribution in [2.45, 2.75) is 19.8 Å². The fourth-order valence-corrected chi connectivity index (χ4v) is 3.46. The van der Waals surface area contributed by atoms with Crippen LogP contribution in [0.1, 0.15) is 35.7 Å². The van der Waals surface area contributed by atoms with E-state index in [4.69, 9.17) is 0 Å². The van der Waals surface area contributed by atoms with Crippen molar-refractivity contribution in [2.75, 3.05) is 11.9 Å². The first-order valence-corrected chi connectivity index (χ1v) is 10.5. The van der Waals surface area contributed by atoms with Crippen LogP contribution in [0.4, 0.5) is 14.9 Å². The van der Waals surface area contributed by atoms with Crippen LogP contribution >= 0.6 is 0 Å². The molecule has 2 aromatic carbocycles. The lowest BCUT2D eigenvalue weighted by atomic mass is 10.0. The number of unbranched alkanes of at least 4 members (excludes halogenated alkanes) is 1. The monoisotopic (exact) mass is 430 g/mol. The Bertz CT molecular complexity index is 1270. The van der Waals surface area contributed by atoms with E-state index in [1.165, 1.54) is 24.4 Å².